The zero-order valence-corrected chi connectivity index (χ0v) is 27.6. The van der Waals surface area contributed by atoms with Gasteiger partial charge < -0.3 is 9.88 Å². The molecule has 1 aliphatic rings. The number of H-pyrrole nitrogens is 1. The Hall–Kier alpha value is -5.64. The third-order valence-electron chi connectivity index (χ3n) is 10.4. The summed E-state index contributed by atoms with van der Waals surface area (Å²) in [5.74, 6) is 0. The third kappa shape index (κ3) is 3.98. The van der Waals surface area contributed by atoms with Gasteiger partial charge in [-0.3, -0.25) is 0 Å². The number of hydrogen-bond acceptors (Lipinski definition) is 2. The summed E-state index contributed by atoms with van der Waals surface area (Å²) in [6.07, 6.45) is 0. The highest BCUT2D eigenvalue weighted by atomic mass is 32.1. The molecular formula is C45H32N2S. The first-order chi connectivity index (χ1) is 23.5. The van der Waals surface area contributed by atoms with Crippen molar-refractivity contribution in [2.45, 2.75) is 19.3 Å². The van der Waals surface area contributed by atoms with Gasteiger partial charge in [-0.1, -0.05) is 117 Å². The van der Waals surface area contributed by atoms with E-state index in [-0.39, 0.29) is 5.41 Å². The molecule has 2 aromatic heterocycles. The molecule has 0 atom stereocenters. The Bertz CT molecular complexity index is 2690. The fraction of sp³-hybridized carbons (Fsp3) is 0.0667. The molecule has 0 aliphatic heterocycles. The van der Waals surface area contributed by atoms with Crippen molar-refractivity contribution in [3.63, 3.8) is 0 Å². The maximum absolute atomic E-state index is 3.80. The van der Waals surface area contributed by atoms with Crippen molar-refractivity contribution in [3.8, 4) is 22.3 Å². The third-order valence-corrected chi connectivity index (χ3v) is 11.6. The molecule has 0 spiro atoms. The number of thiophene rings is 1. The van der Waals surface area contributed by atoms with Gasteiger partial charge in [0.1, 0.15) is 0 Å². The van der Waals surface area contributed by atoms with Crippen molar-refractivity contribution in [2.24, 2.45) is 0 Å². The molecule has 1 N–H and O–H groups in total. The van der Waals surface area contributed by atoms with Gasteiger partial charge in [0.05, 0.1) is 10.2 Å². The van der Waals surface area contributed by atoms with E-state index in [0.717, 1.165) is 22.6 Å². The first kappa shape index (κ1) is 27.5. The summed E-state index contributed by atoms with van der Waals surface area (Å²) >= 11 is 1.87. The summed E-state index contributed by atoms with van der Waals surface area (Å²) in [7, 11) is 0. The number of nitrogens with zero attached hydrogens (tertiary/aromatic N) is 1. The van der Waals surface area contributed by atoms with E-state index in [0.29, 0.717) is 0 Å². The molecule has 10 rings (SSSR count). The number of benzene rings is 7. The normalized spacial score (nSPS) is 13.4. The average Bonchev–Trinajstić information content (AvgIpc) is 3.77. The summed E-state index contributed by atoms with van der Waals surface area (Å²) in [6, 6.07) is 55.7. The van der Waals surface area contributed by atoms with Crippen LogP contribution in [0.15, 0.2) is 152 Å². The Morgan fingerprint density at radius 1 is 0.500 bits per heavy atom. The molecule has 9 aromatic rings. The second kappa shape index (κ2) is 10.2. The maximum Gasteiger partial charge on any atom is 0.0646 e. The fourth-order valence-corrected chi connectivity index (χ4v) is 9.19. The predicted molar refractivity (Wildman–Crippen MR) is 206 cm³/mol. The van der Waals surface area contributed by atoms with Crippen LogP contribution in [0.2, 0.25) is 0 Å². The Morgan fingerprint density at radius 3 is 2.04 bits per heavy atom. The van der Waals surface area contributed by atoms with Crippen LogP contribution >= 0.6 is 11.3 Å². The zero-order valence-electron chi connectivity index (χ0n) is 26.8. The highest BCUT2D eigenvalue weighted by Crippen LogP contribution is 2.51. The Morgan fingerprint density at radius 2 is 1.17 bits per heavy atom. The van der Waals surface area contributed by atoms with Gasteiger partial charge in [0.15, 0.2) is 0 Å². The zero-order chi connectivity index (χ0) is 32.0. The van der Waals surface area contributed by atoms with Crippen molar-refractivity contribution < 1.29 is 0 Å². The number of aromatic amines is 1. The minimum Gasteiger partial charge on any atom is -0.353 e. The van der Waals surface area contributed by atoms with E-state index in [9.17, 15) is 0 Å². The standard InChI is InChI=1S/C45H32N2S/c1-45(2)39-14-8-6-12-33(39)34-22-20-32(27-40(34)45)47(30-18-16-29(17-19-30)28-10-4-3-5-11-28)31-21-25-41-38(26-31)36-23-24-37-35-13-7-9-15-42(35)48-44(37)43(36)46-41/h3-27,46H,1-2H3. The molecule has 2 heterocycles. The predicted octanol–water partition coefficient (Wildman–Crippen LogP) is 13.1. The summed E-state index contributed by atoms with van der Waals surface area (Å²) in [4.78, 5) is 6.22. The Balaban J connectivity index is 1.16. The van der Waals surface area contributed by atoms with Crippen LogP contribution in [0.1, 0.15) is 25.0 Å². The summed E-state index contributed by atoms with van der Waals surface area (Å²) in [6.45, 7) is 4.71. The largest absolute Gasteiger partial charge is 0.353 e. The molecule has 228 valence electrons. The Kier molecular flexibility index (Phi) is 5.82. The van der Waals surface area contributed by atoms with Crippen LogP contribution < -0.4 is 4.90 Å². The molecule has 48 heavy (non-hydrogen) atoms. The van der Waals surface area contributed by atoms with Crippen molar-refractivity contribution in [1.29, 1.82) is 0 Å². The number of rotatable bonds is 4. The van der Waals surface area contributed by atoms with E-state index in [4.69, 9.17) is 0 Å². The molecule has 3 heteroatoms. The van der Waals surface area contributed by atoms with Crippen molar-refractivity contribution in [2.75, 3.05) is 4.90 Å². The second-order valence-corrected chi connectivity index (χ2v) is 14.5. The number of nitrogens with one attached hydrogen (secondary N) is 1. The Labute approximate surface area is 283 Å². The van der Waals surface area contributed by atoms with E-state index in [1.54, 1.807) is 0 Å². The van der Waals surface area contributed by atoms with Crippen LogP contribution in [0.25, 0.3) is 64.2 Å². The molecular weight excluding hydrogens is 601 g/mol. The quantitative estimate of drug-likeness (QED) is 0.205. The topological polar surface area (TPSA) is 19.0 Å². The first-order valence-electron chi connectivity index (χ1n) is 16.6. The summed E-state index contributed by atoms with van der Waals surface area (Å²) in [5, 5.41) is 5.14. The lowest BCUT2D eigenvalue weighted by Gasteiger charge is -2.28. The number of hydrogen-bond donors (Lipinski definition) is 1. The fourth-order valence-electron chi connectivity index (χ4n) is 7.99. The molecule has 0 saturated carbocycles. The van der Waals surface area contributed by atoms with Crippen LogP contribution in [0.4, 0.5) is 17.1 Å². The van der Waals surface area contributed by atoms with Gasteiger partial charge in [0.25, 0.3) is 0 Å². The molecule has 0 fully saturated rings. The smallest absolute Gasteiger partial charge is 0.0646 e. The molecule has 7 aromatic carbocycles. The van der Waals surface area contributed by atoms with E-state index in [2.05, 4.69) is 175 Å². The molecule has 0 unspecified atom stereocenters. The lowest BCUT2D eigenvalue weighted by atomic mass is 9.82. The van der Waals surface area contributed by atoms with Gasteiger partial charge in [-0.25, -0.2) is 0 Å². The molecule has 1 aliphatic carbocycles. The molecule has 2 nitrogen and oxygen atoms in total. The first-order valence-corrected chi connectivity index (χ1v) is 17.4. The van der Waals surface area contributed by atoms with Crippen LogP contribution in [0.5, 0.6) is 0 Å². The molecule has 0 saturated heterocycles. The van der Waals surface area contributed by atoms with Crippen LogP contribution in [0, 0.1) is 0 Å². The second-order valence-electron chi connectivity index (χ2n) is 13.5. The van der Waals surface area contributed by atoms with Crippen molar-refractivity contribution in [3.05, 3.63) is 163 Å². The van der Waals surface area contributed by atoms with Gasteiger partial charge in [-0.2, -0.15) is 0 Å². The average molecular weight is 633 g/mol. The maximum atomic E-state index is 3.80. The highest BCUT2D eigenvalue weighted by molar-refractivity contribution is 7.26. The van der Waals surface area contributed by atoms with Gasteiger partial charge in [0.2, 0.25) is 0 Å². The lowest BCUT2D eigenvalue weighted by molar-refractivity contribution is 0.660. The van der Waals surface area contributed by atoms with Crippen molar-refractivity contribution >= 4 is 70.4 Å². The van der Waals surface area contributed by atoms with E-state index in [1.165, 1.54) is 69.8 Å². The van der Waals surface area contributed by atoms with E-state index in [1.807, 2.05) is 11.3 Å². The van der Waals surface area contributed by atoms with E-state index < -0.39 is 0 Å². The summed E-state index contributed by atoms with van der Waals surface area (Å²) in [5.41, 5.74) is 13.6. The van der Waals surface area contributed by atoms with Gasteiger partial charge in [-0.15, -0.1) is 11.3 Å². The lowest BCUT2D eigenvalue weighted by Crippen LogP contribution is -2.16. The minimum atomic E-state index is -0.0822. The van der Waals surface area contributed by atoms with Crippen LogP contribution in [0.3, 0.4) is 0 Å². The number of aromatic nitrogens is 1. The van der Waals surface area contributed by atoms with Gasteiger partial charge in [0, 0.05) is 54.2 Å². The van der Waals surface area contributed by atoms with Crippen molar-refractivity contribution in [1.82, 2.24) is 4.98 Å². The SMILES string of the molecule is CC1(C)c2ccccc2-c2ccc(N(c3ccc(-c4ccccc4)cc3)c3ccc4[nH]c5c(ccc6c7ccccc7sc65)c4c3)cc21. The minimum absolute atomic E-state index is 0.0822. The monoisotopic (exact) mass is 632 g/mol. The molecule has 0 radical (unpaired) electrons. The van der Waals surface area contributed by atoms with E-state index >= 15 is 0 Å². The van der Waals surface area contributed by atoms with Crippen LogP contribution in [-0.2, 0) is 5.41 Å². The molecule has 0 amide bonds. The van der Waals surface area contributed by atoms with Crippen LogP contribution in [-0.4, -0.2) is 4.98 Å². The summed E-state index contributed by atoms with van der Waals surface area (Å²) < 4.78 is 2.64. The number of anilines is 3. The van der Waals surface area contributed by atoms with Gasteiger partial charge >= 0.3 is 0 Å². The highest BCUT2D eigenvalue weighted by Gasteiger charge is 2.35. The van der Waals surface area contributed by atoms with Gasteiger partial charge in [-0.05, 0) is 81.9 Å². The molecule has 0 bridgehead atoms. The number of fused-ring (bicyclic) bond motifs is 10.